The van der Waals surface area contributed by atoms with Crippen LogP contribution in [0, 0.1) is 0 Å². The third-order valence-corrected chi connectivity index (χ3v) is 45.2. The monoisotopic (exact) mass is 1530 g/mol. The summed E-state index contributed by atoms with van der Waals surface area (Å²) in [6.07, 6.45) is 2.28. The molecular weight excluding hydrogens is 1470 g/mol. The second-order valence-corrected chi connectivity index (χ2v) is 46.3. The SMILES string of the molecule is C1CSC2=C3SCCOCCOCCSC4=C5SCCOCCOCCSC6=C(SC1)S/C(=C1\SC7=C(SCCOCCOCCSC8=C(SCCOCCOCCSC9=C(SCCCS7)S/C(=C(\S2)S3)S9)SC(=C(S4)S5)S8)S1)S6. The van der Waals surface area contributed by atoms with Crippen molar-refractivity contribution in [3.05, 3.63) is 76.3 Å². The van der Waals surface area contributed by atoms with E-state index in [2.05, 4.69) is 47.0 Å². The third kappa shape index (κ3) is 23.0. The van der Waals surface area contributed by atoms with Crippen LogP contribution in [0.5, 0.6) is 0 Å². The third-order valence-electron chi connectivity index (χ3n) is 10.4. The van der Waals surface area contributed by atoms with E-state index in [0.717, 1.165) is 81.9 Å². The first-order valence-electron chi connectivity index (χ1n) is 25.7. The van der Waals surface area contributed by atoms with Gasteiger partial charge in [-0.1, -0.05) is 141 Å². The lowest BCUT2D eigenvalue weighted by Gasteiger charge is -2.08. The minimum atomic E-state index is 0.604. The number of fused-ring (bicyclic) bond motifs is 44. The molecule has 11 aliphatic heterocycles. The molecule has 0 amide bonds. The minimum absolute atomic E-state index is 0.604. The van der Waals surface area contributed by atoms with Crippen molar-refractivity contribution in [1.82, 2.24) is 0 Å². The molecule has 0 aromatic heterocycles. The second kappa shape index (κ2) is 40.1. The first-order chi connectivity index (χ1) is 39.7. The molecule has 0 aromatic carbocycles. The summed E-state index contributed by atoms with van der Waals surface area (Å²) in [5, 5.41) is 0. The molecule has 11 aliphatic rings. The van der Waals surface area contributed by atoms with E-state index in [1.165, 1.54) is 76.3 Å². The van der Waals surface area contributed by atoms with Crippen molar-refractivity contribution >= 4 is 282 Å². The Labute approximate surface area is 575 Å². The van der Waals surface area contributed by atoms with E-state index in [9.17, 15) is 0 Å². The Hall–Kier alpha value is 5.74. The maximum Gasteiger partial charge on any atom is 0.0717 e. The molecule has 0 saturated heterocycles. The maximum absolute atomic E-state index is 6.23. The van der Waals surface area contributed by atoms with E-state index in [0.29, 0.717) is 106 Å². The predicted octanol–water partition coefficient (Wildman–Crippen LogP) is 19.8. The molecule has 32 heteroatoms. The van der Waals surface area contributed by atoms with Crippen LogP contribution in [-0.2, 0) is 37.9 Å². The number of thioether (sulfide) groups is 24. The normalized spacial score (nSPS) is 28.5. The van der Waals surface area contributed by atoms with Crippen molar-refractivity contribution < 1.29 is 37.9 Å². The van der Waals surface area contributed by atoms with Crippen molar-refractivity contribution in [2.24, 2.45) is 0 Å². The Bertz CT molecular complexity index is 2080. The Morgan fingerprint density at radius 1 is 0.138 bits per heavy atom. The lowest BCUT2D eigenvalue weighted by atomic mass is 10.6. The van der Waals surface area contributed by atoms with Gasteiger partial charge >= 0.3 is 0 Å². The minimum Gasteiger partial charge on any atom is -0.378 e. The summed E-state index contributed by atoms with van der Waals surface area (Å²) >= 11 is 47.5. The van der Waals surface area contributed by atoms with Crippen LogP contribution >= 0.6 is 282 Å². The van der Waals surface area contributed by atoms with Crippen LogP contribution in [0.1, 0.15) is 12.8 Å². The molecule has 0 spiro atoms. The molecule has 0 saturated carbocycles. The molecule has 0 aliphatic carbocycles. The summed E-state index contributed by atoms with van der Waals surface area (Å²) < 4.78 is 75.2. The lowest BCUT2D eigenvalue weighted by molar-refractivity contribution is 0.0605. The van der Waals surface area contributed by atoms with Crippen LogP contribution in [0.25, 0.3) is 0 Å². The number of rotatable bonds is 0. The van der Waals surface area contributed by atoms with Gasteiger partial charge in [-0.3, -0.25) is 0 Å². The Morgan fingerprint density at radius 3 is 0.400 bits per heavy atom. The van der Waals surface area contributed by atoms with Crippen LogP contribution in [0.15, 0.2) is 76.3 Å². The first kappa shape index (κ1) is 68.6. The standard InChI is InChI=1S/C48H60O8S24/c1-19-57-31-35-61-23-11-49-3-7-53-15-27-65-39-40-66-28-16-54-8-4-50-12-24-62-36-32(58-20-1)70-44(74-36)46-72-34-38(76-46)64-26-14-52-6-10-56-18-30-68-42-41(79-48(80-42)47(77-39)78-40)67-29-17-55-9-5-51-13-25-63-37-33(59-21-2-22-60-34)71-45(75-37)43(69-31)73-35/h1-30H2/b45-43-,46-44-,48-47?. The topological polar surface area (TPSA) is 73.8 Å². The van der Waals surface area contributed by atoms with Gasteiger partial charge in [-0.2, -0.15) is 0 Å². The predicted molar refractivity (Wildman–Crippen MR) is 400 cm³/mol. The van der Waals surface area contributed by atoms with Gasteiger partial charge in [0.2, 0.25) is 0 Å². The fourth-order valence-corrected chi connectivity index (χ4v) is 42.6. The second-order valence-electron chi connectivity index (χ2n) is 16.2. The zero-order valence-corrected chi connectivity index (χ0v) is 62.9. The van der Waals surface area contributed by atoms with Gasteiger partial charge in [-0.15, -0.1) is 141 Å². The molecule has 18 bridgehead atoms. The van der Waals surface area contributed by atoms with Crippen molar-refractivity contribution in [2.45, 2.75) is 12.8 Å². The quantitative estimate of drug-likeness (QED) is 0.231. The van der Waals surface area contributed by atoms with Crippen LogP contribution in [0.4, 0.5) is 0 Å². The van der Waals surface area contributed by atoms with Gasteiger partial charge < -0.3 is 37.9 Å². The van der Waals surface area contributed by atoms with Gasteiger partial charge in [-0.25, -0.2) is 0 Å². The highest BCUT2D eigenvalue weighted by Crippen LogP contribution is 2.69. The molecule has 0 unspecified atom stereocenters. The highest BCUT2D eigenvalue weighted by atomic mass is 32.3. The number of hydrogen-bond acceptors (Lipinski definition) is 32. The maximum atomic E-state index is 6.23. The summed E-state index contributed by atoms with van der Waals surface area (Å²) in [5.74, 6) is 11.6. The van der Waals surface area contributed by atoms with Crippen LogP contribution in [0.2, 0.25) is 0 Å². The molecule has 444 valence electrons. The smallest absolute Gasteiger partial charge is 0.0717 e. The summed E-state index contributed by atoms with van der Waals surface area (Å²) in [7, 11) is 0. The van der Waals surface area contributed by atoms with Crippen LogP contribution in [-0.4, -0.2) is 175 Å². The molecule has 0 N–H and O–H groups in total. The fraction of sp³-hybridized carbons (Fsp3) is 0.625. The van der Waals surface area contributed by atoms with E-state index >= 15 is 0 Å². The highest BCUT2D eigenvalue weighted by Gasteiger charge is 2.35. The molecule has 11 rings (SSSR count). The summed E-state index contributed by atoms with van der Waals surface area (Å²) in [4.78, 5) is 0. The molecule has 80 heavy (non-hydrogen) atoms. The lowest BCUT2D eigenvalue weighted by Crippen LogP contribution is -2.08. The van der Waals surface area contributed by atoms with E-state index in [1.807, 2.05) is 235 Å². The van der Waals surface area contributed by atoms with Gasteiger partial charge in [0.15, 0.2) is 0 Å². The Balaban J connectivity index is 0.932. The van der Waals surface area contributed by atoms with Gasteiger partial charge in [0.1, 0.15) is 0 Å². The number of hydrogen-bond donors (Lipinski definition) is 0. The van der Waals surface area contributed by atoms with Gasteiger partial charge in [0.05, 0.1) is 182 Å². The van der Waals surface area contributed by atoms with E-state index in [1.54, 1.807) is 0 Å². The zero-order chi connectivity index (χ0) is 54.2. The Kier molecular flexibility index (Phi) is 34.4. The molecule has 0 aromatic rings. The molecular formula is C48H60O8S24. The Morgan fingerprint density at radius 2 is 0.263 bits per heavy atom. The summed E-state index contributed by atoms with van der Waals surface area (Å²) in [6, 6.07) is 0. The largest absolute Gasteiger partial charge is 0.378 e. The van der Waals surface area contributed by atoms with Crippen molar-refractivity contribution in [2.75, 3.05) is 175 Å². The molecule has 0 radical (unpaired) electrons. The highest BCUT2D eigenvalue weighted by molar-refractivity contribution is 8.47. The fourth-order valence-electron chi connectivity index (χ4n) is 6.81. The number of ether oxygens (including phenoxy) is 8. The van der Waals surface area contributed by atoms with Crippen LogP contribution < -0.4 is 0 Å². The summed E-state index contributed by atoms with van der Waals surface area (Å²) in [6.45, 7) is 10.4. The van der Waals surface area contributed by atoms with E-state index in [4.69, 9.17) is 37.9 Å². The molecule has 8 nitrogen and oxygen atoms in total. The summed E-state index contributed by atoms with van der Waals surface area (Å²) in [5.41, 5.74) is 0. The van der Waals surface area contributed by atoms with E-state index in [-0.39, 0.29) is 0 Å². The molecule has 0 fully saturated rings. The van der Waals surface area contributed by atoms with Crippen molar-refractivity contribution in [3.8, 4) is 0 Å². The van der Waals surface area contributed by atoms with Crippen LogP contribution in [0.3, 0.4) is 0 Å². The molecule has 11 heterocycles. The van der Waals surface area contributed by atoms with Gasteiger partial charge in [0, 0.05) is 46.0 Å². The van der Waals surface area contributed by atoms with Crippen molar-refractivity contribution in [3.63, 3.8) is 0 Å². The zero-order valence-electron chi connectivity index (χ0n) is 43.3. The first-order valence-corrected chi connectivity index (χ1v) is 47.3. The van der Waals surface area contributed by atoms with Gasteiger partial charge in [-0.05, 0) is 35.9 Å². The van der Waals surface area contributed by atoms with Gasteiger partial charge in [0.25, 0.3) is 0 Å². The average molecular weight is 1530 g/mol. The molecule has 0 atom stereocenters. The average Bonchev–Trinajstić information content (AvgIpc) is 4.38. The van der Waals surface area contributed by atoms with E-state index < -0.39 is 0 Å². The van der Waals surface area contributed by atoms with Crippen molar-refractivity contribution in [1.29, 1.82) is 0 Å².